The Morgan fingerprint density at radius 3 is 2.80 bits per heavy atom. The van der Waals surface area contributed by atoms with Gasteiger partial charge in [0.25, 0.3) is 0 Å². The van der Waals surface area contributed by atoms with E-state index in [1.807, 2.05) is 0 Å². The molecule has 8 heteroatoms. The third kappa shape index (κ3) is 2.65. The van der Waals surface area contributed by atoms with Crippen LogP contribution in [0.1, 0.15) is 84.6 Å². The predicted octanol–water partition coefficient (Wildman–Crippen LogP) is 3.61. The van der Waals surface area contributed by atoms with Crippen molar-refractivity contribution in [1.29, 1.82) is 0 Å². The summed E-state index contributed by atoms with van der Waals surface area (Å²) >= 11 is 1.80. The minimum Gasteiger partial charge on any atom is -0.481 e. The number of likely N-dealkylation sites (tertiary alicyclic amines) is 1. The Labute approximate surface area is 180 Å². The summed E-state index contributed by atoms with van der Waals surface area (Å²) in [5.41, 5.74) is 0.783. The summed E-state index contributed by atoms with van der Waals surface area (Å²) in [5.74, 6) is 1.70. The van der Waals surface area contributed by atoms with Crippen LogP contribution in [0.4, 0.5) is 0 Å². The molecule has 2 bridgehead atoms. The average molecular weight is 428 g/mol. The number of fused-ring (bicyclic) bond motifs is 1. The molecule has 1 atom stereocenters. The van der Waals surface area contributed by atoms with Crippen molar-refractivity contribution in [3.8, 4) is 0 Å². The number of hydrogen-bond donors (Lipinski definition) is 1. The van der Waals surface area contributed by atoms with Crippen molar-refractivity contribution >= 4 is 17.3 Å². The van der Waals surface area contributed by atoms with E-state index in [9.17, 15) is 9.90 Å². The van der Waals surface area contributed by atoms with Crippen LogP contribution in [0.15, 0.2) is 0 Å². The normalized spacial score (nSPS) is 32.9. The molecule has 3 aliphatic carbocycles. The van der Waals surface area contributed by atoms with E-state index >= 15 is 0 Å². The van der Waals surface area contributed by atoms with E-state index < -0.39 is 11.4 Å². The fourth-order valence-corrected chi connectivity index (χ4v) is 7.59. The Balaban J connectivity index is 1.20. The van der Waals surface area contributed by atoms with Gasteiger partial charge in [0.15, 0.2) is 0 Å². The summed E-state index contributed by atoms with van der Waals surface area (Å²) in [6.07, 6.45) is 9.43. The summed E-state index contributed by atoms with van der Waals surface area (Å²) in [7, 11) is 0. The molecular weight excluding hydrogens is 398 g/mol. The van der Waals surface area contributed by atoms with Crippen LogP contribution in [0.5, 0.6) is 0 Å². The molecule has 1 unspecified atom stereocenters. The summed E-state index contributed by atoms with van der Waals surface area (Å²) in [5, 5.41) is 19.8. The fraction of sp³-hybridized carbons (Fsp3) is 0.727. The van der Waals surface area contributed by atoms with Crippen molar-refractivity contribution in [2.75, 3.05) is 6.54 Å². The van der Waals surface area contributed by atoms with Gasteiger partial charge < -0.3 is 9.67 Å². The van der Waals surface area contributed by atoms with E-state index in [2.05, 4.69) is 26.6 Å². The largest absolute Gasteiger partial charge is 0.481 e. The van der Waals surface area contributed by atoms with Crippen LogP contribution < -0.4 is 0 Å². The van der Waals surface area contributed by atoms with E-state index in [0.29, 0.717) is 6.04 Å². The predicted molar refractivity (Wildman–Crippen MR) is 112 cm³/mol. The molecule has 1 saturated heterocycles. The highest BCUT2D eigenvalue weighted by atomic mass is 32.1. The smallest absolute Gasteiger partial charge is 0.309 e. The number of hydrogen-bond acceptors (Lipinski definition) is 6. The minimum absolute atomic E-state index is 0.0476. The highest BCUT2D eigenvalue weighted by Gasteiger charge is 2.73. The van der Waals surface area contributed by atoms with Gasteiger partial charge in [-0.2, -0.15) is 0 Å². The minimum atomic E-state index is -0.621. The molecule has 1 N–H and O–H groups in total. The molecule has 2 aromatic heterocycles. The highest BCUT2D eigenvalue weighted by molar-refractivity contribution is 7.11. The van der Waals surface area contributed by atoms with E-state index in [4.69, 9.17) is 4.98 Å². The van der Waals surface area contributed by atoms with Gasteiger partial charge in [-0.1, -0.05) is 6.42 Å². The number of nitrogens with zero attached hydrogens (tertiary/aromatic N) is 5. The molecule has 7 nitrogen and oxygen atoms in total. The van der Waals surface area contributed by atoms with E-state index in [1.54, 1.807) is 11.3 Å². The SMILES string of the molecule is Cc1sc(CN2CCCC2c2nnc3n2CCCCC3)nc1C12CC(C(=O)O)(C1)C2. The number of aliphatic carboxylic acids is 1. The van der Waals surface area contributed by atoms with Gasteiger partial charge in [0, 0.05) is 23.3 Å². The van der Waals surface area contributed by atoms with Gasteiger partial charge in [0.1, 0.15) is 16.7 Å². The summed E-state index contributed by atoms with van der Waals surface area (Å²) in [6, 6.07) is 0.335. The fourth-order valence-electron chi connectivity index (χ4n) is 6.51. The molecule has 7 rings (SSSR count). The zero-order valence-electron chi connectivity index (χ0n) is 17.6. The zero-order chi connectivity index (χ0) is 20.5. The summed E-state index contributed by atoms with van der Waals surface area (Å²) < 4.78 is 2.39. The second kappa shape index (κ2) is 6.60. The molecule has 30 heavy (non-hydrogen) atoms. The first-order chi connectivity index (χ1) is 14.5. The Bertz CT molecular complexity index is 992. The Hall–Kier alpha value is -1.80. The average Bonchev–Trinajstić information content (AvgIpc) is 3.29. The molecule has 2 aliphatic heterocycles. The van der Waals surface area contributed by atoms with Gasteiger partial charge in [0.2, 0.25) is 0 Å². The summed E-state index contributed by atoms with van der Waals surface area (Å²) in [4.78, 5) is 20.3. The van der Waals surface area contributed by atoms with Crippen LogP contribution in [0.25, 0.3) is 0 Å². The van der Waals surface area contributed by atoms with Crippen molar-refractivity contribution in [1.82, 2.24) is 24.6 Å². The lowest BCUT2D eigenvalue weighted by molar-refractivity contribution is -0.195. The molecule has 0 radical (unpaired) electrons. The molecule has 3 saturated carbocycles. The van der Waals surface area contributed by atoms with E-state index in [0.717, 1.165) is 63.4 Å². The molecule has 5 aliphatic rings. The van der Waals surface area contributed by atoms with E-state index in [1.165, 1.54) is 41.3 Å². The molecule has 160 valence electrons. The van der Waals surface area contributed by atoms with Crippen LogP contribution in [-0.2, 0) is 29.7 Å². The van der Waals surface area contributed by atoms with Crippen LogP contribution in [0.2, 0.25) is 0 Å². The number of aryl methyl sites for hydroxylation is 2. The molecule has 4 fully saturated rings. The maximum absolute atomic E-state index is 11.5. The lowest BCUT2D eigenvalue weighted by Crippen LogP contribution is -2.68. The van der Waals surface area contributed by atoms with Crippen LogP contribution in [0.3, 0.4) is 0 Å². The van der Waals surface area contributed by atoms with Gasteiger partial charge in [0.05, 0.1) is 23.7 Å². The molecule has 4 heterocycles. The number of thiazole rings is 1. The standard InChI is InChI=1S/C22H29N5O2S/c1-14-18(21-11-22(12-21,13-21)20(28)29)23-17(30-14)10-26-8-5-6-15(26)19-25-24-16-7-3-2-4-9-27(16)19/h15H,2-13H2,1H3,(H,28,29). The van der Waals surface area contributed by atoms with Crippen molar-refractivity contribution < 1.29 is 9.90 Å². The monoisotopic (exact) mass is 427 g/mol. The van der Waals surface area contributed by atoms with Crippen LogP contribution in [0, 0.1) is 12.3 Å². The van der Waals surface area contributed by atoms with Gasteiger partial charge in [-0.25, -0.2) is 4.98 Å². The highest BCUT2D eigenvalue weighted by Crippen LogP contribution is 2.74. The van der Waals surface area contributed by atoms with Crippen LogP contribution in [-0.4, -0.2) is 42.3 Å². The number of rotatable bonds is 5. The number of carboxylic acid groups (broad SMARTS) is 1. The Morgan fingerprint density at radius 2 is 2.00 bits per heavy atom. The first-order valence-electron chi connectivity index (χ1n) is 11.4. The lowest BCUT2D eigenvalue weighted by atomic mass is 9.34. The number of carboxylic acids is 1. The molecule has 0 amide bonds. The van der Waals surface area contributed by atoms with Crippen molar-refractivity contribution in [2.24, 2.45) is 5.41 Å². The Kier molecular flexibility index (Phi) is 4.16. The molecular formula is C22H29N5O2S. The zero-order valence-corrected chi connectivity index (χ0v) is 18.4. The number of carbonyl (C=O) groups is 1. The molecule has 2 aromatic rings. The quantitative estimate of drug-likeness (QED) is 0.785. The van der Waals surface area contributed by atoms with Gasteiger partial charge in [-0.15, -0.1) is 21.5 Å². The third-order valence-electron chi connectivity index (χ3n) is 7.97. The van der Waals surface area contributed by atoms with Gasteiger partial charge in [-0.05, 0) is 58.4 Å². The molecule has 0 spiro atoms. The lowest BCUT2D eigenvalue weighted by Gasteiger charge is -2.67. The van der Waals surface area contributed by atoms with Crippen molar-refractivity contribution in [2.45, 2.75) is 89.3 Å². The van der Waals surface area contributed by atoms with Gasteiger partial charge in [-0.3, -0.25) is 9.69 Å². The maximum atomic E-state index is 11.5. The second-order valence-electron chi connectivity index (χ2n) is 9.97. The third-order valence-corrected chi connectivity index (χ3v) is 8.92. The van der Waals surface area contributed by atoms with E-state index in [-0.39, 0.29) is 5.41 Å². The van der Waals surface area contributed by atoms with Crippen molar-refractivity contribution in [3.05, 3.63) is 27.2 Å². The van der Waals surface area contributed by atoms with Crippen molar-refractivity contribution in [3.63, 3.8) is 0 Å². The Morgan fingerprint density at radius 1 is 1.17 bits per heavy atom. The van der Waals surface area contributed by atoms with Crippen LogP contribution >= 0.6 is 11.3 Å². The second-order valence-corrected chi connectivity index (χ2v) is 11.3. The first-order valence-corrected chi connectivity index (χ1v) is 12.2. The topological polar surface area (TPSA) is 84.1 Å². The van der Waals surface area contributed by atoms with Gasteiger partial charge >= 0.3 is 5.97 Å². The molecule has 0 aromatic carbocycles. The first kappa shape index (κ1) is 18.9. The number of aromatic nitrogens is 4. The maximum Gasteiger partial charge on any atom is 0.309 e. The summed E-state index contributed by atoms with van der Waals surface area (Å²) in [6.45, 7) is 5.15.